The third-order valence-electron chi connectivity index (χ3n) is 1.53. The molecule has 0 saturated carbocycles. The first kappa shape index (κ1) is 14.6. The Morgan fingerprint density at radius 3 is 2.20 bits per heavy atom. The molecule has 0 rings (SSSR count). The molecule has 2 atom stereocenters. The van der Waals surface area contributed by atoms with Crippen LogP contribution in [0, 0.1) is 0 Å². The summed E-state index contributed by atoms with van der Waals surface area (Å²) in [5.74, 6) is -1.35. The van der Waals surface area contributed by atoms with Crippen LogP contribution in [0.4, 0.5) is 0 Å². The molecular formula is C7H14N2O4S2. The molecule has 0 fully saturated rings. The number of hydrogen-bond acceptors (Lipinski definition) is 6. The molecule has 0 amide bonds. The van der Waals surface area contributed by atoms with Crippen LogP contribution in [0.25, 0.3) is 0 Å². The van der Waals surface area contributed by atoms with Crippen LogP contribution in [-0.2, 0) is 9.59 Å². The zero-order valence-corrected chi connectivity index (χ0v) is 9.81. The van der Waals surface area contributed by atoms with Crippen molar-refractivity contribution in [2.24, 2.45) is 5.73 Å². The van der Waals surface area contributed by atoms with Crippen molar-refractivity contribution in [3.63, 3.8) is 0 Å². The minimum atomic E-state index is -1.05. The van der Waals surface area contributed by atoms with Crippen molar-refractivity contribution < 1.29 is 19.8 Å². The van der Waals surface area contributed by atoms with Crippen molar-refractivity contribution >= 4 is 33.5 Å². The Labute approximate surface area is 95.4 Å². The van der Waals surface area contributed by atoms with E-state index in [-0.39, 0.29) is 5.75 Å². The molecule has 0 aliphatic carbocycles. The van der Waals surface area contributed by atoms with Crippen LogP contribution >= 0.6 is 21.6 Å². The Morgan fingerprint density at radius 2 is 1.80 bits per heavy atom. The van der Waals surface area contributed by atoms with Gasteiger partial charge < -0.3 is 21.3 Å². The van der Waals surface area contributed by atoms with Gasteiger partial charge in [-0.05, 0) is 7.05 Å². The molecule has 0 unspecified atom stereocenters. The van der Waals surface area contributed by atoms with Gasteiger partial charge in [0, 0.05) is 11.5 Å². The summed E-state index contributed by atoms with van der Waals surface area (Å²) in [4.78, 5) is 20.9. The van der Waals surface area contributed by atoms with E-state index < -0.39 is 24.0 Å². The predicted octanol–water partition coefficient (Wildman–Crippen LogP) is -0.548. The van der Waals surface area contributed by atoms with Gasteiger partial charge in [-0.15, -0.1) is 0 Å². The Hall–Kier alpha value is -0.440. The predicted molar refractivity (Wildman–Crippen MR) is 61.0 cm³/mol. The van der Waals surface area contributed by atoms with Crippen LogP contribution in [0.5, 0.6) is 0 Å². The molecule has 0 aliphatic rings. The smallest absolute Gasteiger partial charge is 0.321 e. The molecule has 6 nitrogen and oxygen atoms in total. The van der Waals surface area contributed by atoms with Gasteiger partial charge in [0.05, 0.1) is 0 Å². The molecule has 0 aromatic carbocycles. The van der Waals surface area contributed by atoms with Crippen molar-refractivity contribution in [3.05, 3.63) is 0 Å². The molecule has 0 radical (unpaired) electrons. The van der Waals surface area contributed by atoms with E-state index >= 15 is 0 Å². The summed E-state index contributed by atoms with van der Waals surface area (Å²) in [6.45, 7) is 0. The number of hydrogen-bond donors (Lipinski definition) is 4. The van der Waals surface area contributed by atoms with Gasteiger partial charge in [-0.3, -0.25) is 9.59 Å². The lowest BCUT2D eigenvalue weighted by atomic mass is 10.3. The first-order valence-corrected chi connectivity index (χ1v) is 6.60. The van der Waals surface area contributed by atoms with Crippen LogP contribution in [0.1, 0.15) is 0 Å². The molecule has 88 valence electrons. The van der Waals surface area contributed by atoms with Gasteiger partial charge in [-0.1, -0.05) is 21.6 Å². The van der Waals surface area contributed by atoms with Gasteiger partial charge in [-0.25, -0.2) is 0 Å². The van der Waals surface area contributed by atoms with E-state index in [4.69, 9.17) is 15.9 Å². The molecule has 0 spiro atoms. The fraction of sp³-hybridized carbons (Fsp3) is 0.714. The Morgan fingerprint density at radius 1 is 1.27 bits per heavy atom. The van der Waals surface area contributed by atoms with Crippen molar-refractivity contribution in [1.29, 1.82) is 0 Å². The molecule has 0 aliphatic heterocycles. The van der Waals surface area contributed by atoms with Gasteiger partial charge in [0.15, 0.2) is 0 Å². The van der Waals surface area contributed by atoms with Crippen LogP contribution < -0.4 is 11.1 Å². The number of nitrogens with one attached hydrogen (secondary N) is 1. The van der Waals surface area contributed by atoms with Crippen LogP contribution in [0.3, 0.4) is 0 Å². The summed E-state index contributed by atoms with van der Waals surface area (Å²) in [5, 5.41) is 19.8. The number of nitrogens with two attached hydrogens (primary N) is 1. The molecule has 0 aromatic heterocycles. The highest BCUT2D eigenvalue weighted by Gasteiger charge is 2.16. The standard InChI is InChI=1S/C7H14N2O4S2/c1-9-5(7(12)13)3-15-14-2-4(8)6(10)11/h4-5,9H,2-3,8H2,1H3,(H,10,11)(H,12,13)/t4-,5-/m0/s1. The summed E-state index contributed by atoms with van der Waals surface area (Å²) in [6, 6.07) is -1.52. The van der Waals surface area contributed by atoms with Gasteiger partial charge >= 0.3 is 11.9 Å². The van der Waals surface area contributed by atoms with Crippen molar-refractivity contribution in [3.8, 4) is 0 Å². The topological polar surface area (TPSA) is 113 Å². The van der Waals surface area contributed by atoms with E-state index in [0.717, 1.165) is 0 Å². The molecule has 0 saturated heterocycles. The third-order valence-corrected chi connectivity index (χ3v) is 3.98. The lowest BCUT2D eigenvalue weighted by Gasteiger charge is -2.10. The maximum Gasteiger partial charge on any atom is 0.321 e. The first-order chi connectivity index (χ1) is 6.99. The molecule has 5 N–H and O–H groups in total. The fourth-order valence-corrected chi connectivity index (χ4v) is 2.94. The molecule has 0 aromatic rings. The number of aliphatic carboxylic acids is 2. The quantitative estimate of drug-likeness (QED) is 0.337. The molecule has 0 bridgehead atoms. The summed E-state index contributed by atoms with van der Waals surface area (Å²) >= 11 is 0. The highest BCUT2D eigenvalue weighted by molar-refractivity contribution is 8.76. The second kappa shape index (κ2) is 7.80. The summed E-state index contributed by atoms with van der Waals surface area (Å²) in [7, 11) is 4.11. The second-order valence-corrected chi connectivity index (χ2v) is 5.25. The SMILES string of the molecule is CN[C@@H](CSSC[C@H](N)C(=O)O)C(=O)O. The number of carbonyl (C=O) groups is 2. The lowest BCUT2D eigenvalue weighted by molar-refractivity contribution is -0.139. The maximum absolute atomic E-state index is 10.6. The van der Waals surface area contributed by atoms with E-state index in [1.807, 2.05) is 0 Å². The van der Waals surface area contributed by atoms with Gasteiger partial charge in [0.25, 0.3) is 0 Å². The van der Waals surface area contributed by atoms with Crippen LogP contribution in [0.2, 0.25) is 0 Å². The van der Waals surface area contributed by atoms with Crippen molar-refractivity contribution in [2.75, 3.05) is 18.6 Å². The van der Waals surface area contributed by atoms with E-state index in [1.165, 1.54) is 21.6 Å². The van der Waals surface area contributed by atoms with Crippen LogP contribution in [-0.4, -0.2) is 52.8 Å². The zero-order valence-electron chi connectivity index (χ0n) is 8.17. The van der Waals surface area contributed by atoms with E-state index in [1.54, 1.807) is 7.05 Å². The molecular weight excluding hydrogens is 240 g/mol. The Balaban J connectivity index is 3.61. The third kappa shape index (κ3) is 6.61. The number of likely N-dealkylation sites (N-methyl/N-ethyl adjacent to an activating group) is 1. The number of carboxylic acid groups (broad SMARTS) is 2. The highest BCUT2D eigenvalue weighted by atomic mass is 33.1. The van der Waals surface area contributed by atoms with Gasteiger partial charge in [-0.2, -0.15) is 0 Å². The number of rotatable bonds is 8. The highest BCUT2D eigenvalue weighted by Crippen LogP contribution is 2.22. The van der Waals surface area contributed by atoms with E-state index in [2.05, 4.69) is 5.32 Å². The minimum absolute atomic E-state index is 0.260. The number of carboxylic acids is 2. The van der Waals surface area contributed by atoms with Crippen molar-refractivity contribution in [1.82, 2.24) is 5.32 Å². The van der Waals surface area contributed by atoms with E-state index in [0.29, 0.717) is 5.75 Å². The zero-order chi connectivity index (χ0) is 11.8. The van der Waals surface area contributed by atoms with Gasteiger partial charge in [0.1, 0.15) is 12.1 Å². The normalized spacial score (nSPS) is 14.5. The average molecular weight is 254 g/mol. The second-order valence-electron chi connectivity index (χ2n) is 2.69. The average Bonchev–Trinajstić information content (AvgIpc) is 2.16. The first-order valence-electron chi connectivity index (χ1n) is 4.12. The van der Waals surface area contributed by atoms with Gasteiger partial charge in [0.2, 0.25) is 0 Å². The van der Waals surface area contributed by atoms with Crippen molar-refractivity contribution in [2.45, 2.75) is 12.1 Å². The monoisotopic (exact) mass is 254 g/mol. The lowest BCUT2D eigenvalue weighted by Crippen LogP contribution is -2.36. The van der Waals surface area contributed by atoms with Crippen LogP contribution in [0.15, 0.2) is 0 Å². The van der Waals surface area contributed by atoms with E-state index in [9.17, 15) is 9.59 Å². The Kier molecular flexibility index (Phi) is 7.57. The molecule has 0 heterocycles. The largest absolute Gasteiger partial charge is 0.480 e. The summed E-state index contributed by atoms with van der Waals surface area (Å²) < 4.78 is 0. The maximum atomic E-state index is 10.6. The minimum Gasteiger partial charge on any atom is -0.480 e. The fourth-order valence-electron chi connectivity index (χ4n) is 0.587. The molecule has 8 heteroatoms. The summed E-state index contributed by atoms with van der Waals surface area (Å²) in [5.41, 5.74) is 5.26. The Bertz CT molecular complexity index is 227. The molecule has 15 heavy (non-hydrogen) atoms. The summed E-state index contributed by atoms with van der Waals surface area (Å²) in [6.07, 6.45) is 0.